The van der Waals surface area contributed by atoms with Crippen molar-refractivity contribution in [2.45, 2.75) is 17.4 Å². The van der Waals surface area contributed by atoms with Gasteiger partial charge in [-0.2, -0.15) is 0 Å². The van der Waals surface area contributed by atoms with E-state index in [-0.39, 0.29) is 5.02 Å². The van der Waals surface area contributed by atoms with Crippen molar-refractivity contribution in [1.82, 2.24) is 4.72 Å². The maximum Gasteiger partial charge on any atom is 0.336 e. The lowest BCUT2D eigenvalue weighted by molar-refractivity contribution is -0.155. The van der Waals surface area contributed by atoms with Gasteiger partial charge in [0, 0.05) is 0 Å². The lowest BCUT2D eigenvalue weighted by Gasteiger charge is -2.18. The summed E-state index contributed by atoms with van der Waals surface area (Å²) in [5.41, 5.74) is -2.31. The summed E-state index contributed by atoms with van der Waals surface area (Å²) < 4.78 is 39.0. The number of carboxylic acids is 1. The third kappa shape index (κ3) is 3.58. The molecule has 0 amide bonds. The molecule has 10 heteroatoms. The van der Waals surface area contributed by atoms with E-state index in [1.165, 1.54) is 0 Å². The molecular weight excluding hydrogens is 336 g/mol. The zero-order valence-electron chi connectivity index (χ0n) is 10.0. The Balaban J connectivity index is 3.08. The van der Waals surface area contributed by atoms with Gasteiger partial charge in [-0.05, 0) is 19.1 Å². The predicted molar refractivity (Wildman–Crippen MR) is 69.9 cm³/mol. The average Bonchev–Trinajstić information content (AvgIpc) is 2.33. The third-order valence-corrected chi connectivity index (χ3v) is 4.57. The summed E-state index contributed by atoms with van der Waals surface area (Å²) in [6.45, 7) is 0.0904. The van der Waals surface area contributed by atoms with Crippen molar-refractivity contribution in [3.63, 3.8) is 0 Å². The van der Waals surface area contributed by atoms with Gasteiger partial charge in [0.2, 0.25) is 10.0 Å². The molecule has 112 valence electrons. The molecule has 0 fully saturated rings. The molecule has 0 aliphatic heterocycles. The molecule has 0 radical (unpaired) electrons. The number of rotatable bonds is 5. The van der Waals surface area contributed by atoms with Crippen molar-refractivity contribution in [1.29, 1.82) is 0 Å². The number of hydrogen-bond donors (Lipinski definition) is 3. The highest BCUT2D eigenvalue weighted by Crippen LogP contribution is 2.29. The number of aliphatic hydroxyl groups is 1. The van der Waals surface area contributed by atoms with Gasteiger partial charge >= 0.3 is 5.97 Å². The number of carbonyl (C=O) groups is 1. The number of carboxylic acid groups (broad SMARTS) is 1. The lowest BCUT2D eigenvalue weighted by atomic mass is 10.1. The van der Waals surface area contributed by atoms with E-state index < -0.39 is 43.9 Å². The summed E-state index contributed by atoms with van der Waals surface area (Å²) in [4.78, 5) is 10.0. The van der Waals surface area contributed by atoms with Gasteiger partial charge in [0.05, 0.1) is 16.6 Å². The van der Waals surface area contributed by atoms with Gasteiger partial charge < -0.3 is 10.2 Å². The number of hydrogen-bond acceptors (Lipinski definition) is 4. The molecule has 0 aliphatic rings. The highest BCUT2D eigenvalue weighted by Gasteiger charge is 2.32. The van der Waals surface area contributed by atoms with Gasteiger partial charge in [0.1, 0.15) is 4.90 Å². The monoisotopic (exact) mass is 345 g/mol. The highest BCUT2D eigenvalue weighted by molar-refractivity contribution is 7.89. The molecule has 0 saturated carbocycles. The molecule has 3 N–H and O–H groups in total. The van der Waals surface area contributed by atoms with Crippen molar-refractivity contribution in [2.75, 3.05) is 6.54 Å². The molecule has 1 aromatic rings. The van der Waals surface area contributed by atoms with E-state index in [0.717, 1.165) is 19.1 Å². The molecule has 1 aromatic carbocycles. The van der Waals surface area contributed by atoms with Crippen LogP contribution in [0.3, 0.4) is 0 Å². The Hall–Kier alpha value is -0.930. The fourth-order valence-corrected chi connectivity index (χ4v) is 2.98. The highest BCUT2D eigenvalue weighted by atomic mass is 35.5. The van der Waals surface area contributed by atoms with Crippen LogP contribution in [0.15, 0.2) is 17.0 Å². The number of nitrogens with one attached hydrogen (secondary N) is 1. The van der Waals surface area contributed by atoms with Crippen molar-refractivity contribution < 1.29 is 27.8 Å². The summed E-state index contributed by atoms with van der Waals surface area (Å²) in [6.07, 6.45) is 0. The number of aliphatic carboxylic acids is 1. The molecule has 0 bridgehead atoms. The van der Waals surface area contributed by atoms with E-state index in [2.05, 4.69) is 0 Å². The smallest absolute Gasteiger partial charge is 0.336 e. The van der Waals surface area contributed by atoms with Crippen molar-refractivity contribution in [2.24, 2.45) is 0 Å². The number of halogens is 3. The largest absolute Gasteiger partial charge is 0.479 e. The molecule has 0 aliphatic carbocycles. The molecule has 20 heavy (non-hydrogen) atoms. The van der Waals surface area contributed by atoms with E-state index >= 15 is 0 Å². The van der Waals surface area contributed by atoms with Gasteiger partial charge in [0.25, 0.3) is 0 Å². The zero-order valence-corrected chi connectivity index (χ0v) is 12.4. The molecule has 1 unspecified atom stereocenters. The van der Waals surface area contributed by atoms with Crippen LogP contribution in [0.2, 0.25) is 10.0 Å². The normalized spacial score (nSPS) is 14.8. The Morgan fingerprint density at radius 1 is 1.45 bits per heavy atom. The van der Waals surface area contributed by atoms with Crippen LogP contribution in [0.5, 0.6) is 0 Å². The minimum atomic E-state index is -4.30. The Morgan fingerprint density at radius 3 is 2.50 bits per heavy atom. The lowest BCUT2D eigenvalue weighted by Crippen LogP contribution is -2.46. The van der Waals surface area contributed by atoms with Crippen molar-refractivity contribution >= 4 is 39.2 Å². The van der Waals surface area contributed by atoms with E-state index in [1.54, 1.807) is 0 Å². The Kier molecular flexibility index (Phi) is 4.99. The van der Waals surface area contributed by atoms with Crippen LogP contribution in [0, 0.1) is 5.82 Å². The van der Waals surface area contributed by atoms with Crippen molar-refractivity contribution in [3.8, 4) is 0 Å². The summed E-state index contributed by atoms with van der Waals surface area (Å²) in [5, 5.41) is 17.0. The first kappa shape index (κ1) is 17.1. The number of benzene rings is 1. The SMILES string of the molecule is CC(O)(CNS(=O)(=O)c1ccc(Cl)c(F)c1Cl)C(=O)O. The first-order chi connectivity index (χ1) is 8.99. The maximum atomic E-state index is 13.4. The molecule has 0 saturated heterocycles. The van der Waals surface area contributed by atoms with Crippen LogP contribution in [-0.4, -0.2) is 36.7 Å². The Labute approximate surface area is 124 Å². The van der Waals surface area contributed by atoms with Crippen LogP contribution in [0.1, 0.15) is 6.92 Å². The second-order valence-electron chi connectivity index (χ2n) is 4.08. The first-order valence-corrected chi connectivity index (χ1v) is 7.32. The van der Waals surface area contributed by atoms with E-state index in [4.69, 9.17) is 28.3 Å². The zero-order chi connectivity index (χ0) is 15.7. The molecule has 0 heterocycles. The quantitative estimate of drug-likeness (QED) is 0.696. The minimum absolute atomic E-state index is 0.355. The van der Waals surface area contributed by atoms with Crippen LogP contribution in [-0.2, 0) is 14.8 Å². The van der Waals surface area contributed by atoms with Gasteiger partial charge in [-0.1, -0.05) is 23.2 Å². The molecule has 0 spiro atoms. The van der Waals surface area contributed by atoms with Gasteiger partial charge in [0.15, 0.2) is 11.4 Å². The molecule has 1 atom stereocenters. The standard InChI is InChI=1S/C10H10Cl2FNO5S/c1-10(17,9(15)16)4-14-20(18,19)6-3-2-5(11)8(13)7(6)12/h2-3,14,17H,4H2,1H3,(H,15,16). The van der Waals surface area contributed by atoms with Crippen LogP contribution < -0.4 is 4.72 Å². The summed E-state index contributed by atoms with van der Waals surface area (Å²) in [5.74, 6) is -2.73. The second-order valence-corrected chi connectivity index (χ2v) is 6.60. The fraction of sp³-hybridized carbons (Fsp3) is 0.300. The Bertz CT molecular complexity index is 647. The topological polar surface area (TPSA) is 104 Å². The molecule has 0 aromatic heterocycles. The van der Waals surface area contributed by atoms with Gasteiger partial charge in [-0.3, -0.25) is 0 Å². The predicted octanol–water partition coefficient (Wildman–Crippen LogP) is 1.25. The van der Waals surface area contributed by atoms with E-state index in [0.29, 0.717) is 0 Å². The van der Waals surface area contributed by atoms with Crippen molar-refractivity contribution in [3.05, 3.63) is 28.0 Å². The van der Waals surface area contributed by atoms with Gasteiger partial charge in [-0.15, -0.1) is 0 Å². The summed E-state index contributed by atoms with van der Waals surface area (Å²) in [6, 6.07) is 1.96. The second kappa shape index (κ2) is 5.82. The first-order valence-electron chi connectivity index (χ1n) is 5.08. The fourth-order valence-electron chi connectivity index (χ4n) is 1.10. The summed E-state index contributed by atoms with van der Waals surface area (Å²) >= 11 is 11.0. The molecule has 1 rings (SSSR count). The summed E-state index contributed by atoms with van der Waals surface area (Å²) in [7, 11) is -4.30. The minimum Gasteiger partial charge on any atom is -0.479 e. The van der Waals surface area contributed by atoms with Crippen LogP contribution in [0.4, 0.5) is 4.39 Å². The molecular formula is C10H10Cl2FNO5S. The molecule has 6 nitrogen and oxygen atoms in total. The van der Waals surface area contributed by atoms with Crippen LogP contribution >= 0.6 is 23.2 Å². The van der Waals surface area contributed by atoms with Gasteiger partial charge in [-0.25, -0.2) is 22.3 Å². The van der Waals surface area contributed by atoms with E-state index in [1.807, 2.05) is 4.72 Å². The van der Waals surface area contributed by atoms with E-state index in [9.17, 15) is 22.7 Å². The Morgan fingerprint density at radius 2 is 2.00 bits per heavy atom. The average molecular weight is 346 g/mol. The third-order valence-electron chi connectivity index (χ3n) is 2.36. The number of sulfonamides is 1. The van der Waals surface area contributed by atoms with Crippen LogP contribution in [0.25, 0.3) is 0 Å². The maximum absolute atomic E-state index is 13.4.